The van der Waals surface area contributed by atoms with Gasteiger partial charge < -0.3 is 25.1 Å². The lowest BCUT2D eigenvalue weighted by molar-refractivity contribution is 0.185. The van der Waals surface area contributed by atoms with Gasteiger partial charge in [0.1, 0.15) is 5.75 Å². The highest BCUT2D eigenvalue weighted by Gasteiger charge is 2.26. The van der Waals surface area contributed by atoms with Crippen LogP contribution in [0, 0.1) is 0 Å². The van der Waals surface area contributed by atoms with Crippen molar-refractivity contribution in [1.82, 2.24) is 15.1 Å². The fourth-order valence-electron chi connectivity index (χ4n) is 4.27. The molecule has 4 rings (SSSR count). The number of carbonyl (C=O) groups is 1. The van der Waals surface area contributed by atoms with Gasteiger partial charge >= 0.3 is 6.03 Å². The van der Waals surface area contributed by atoms with Gasteiger partial charge in [-0.3, -0.25) is 0 Å². The van der Waals surface area contributed by atoms with Crippen LogP contribution in [-0.4, -0.2) is 66.8 Å². The van der Waals surface area contributed by atoms with Gasteiger partial charge in [0.15, 0.2) is 0 Å². The van der Waals surface area contributed by atoms with Crippen LogP contribution in [0.2, 0.25) is 0 Å². The number of nitrogens with one attached hydrogen (secondary N) is 1. The summed E-state index contributed by atoms with van der Waals surface area (Å²) in [6, 6.07) is 17.6. The molecule has 2 saturated heterocycles. The van der Waals surface area contributed by atoms with Crippen molar-refractivity contribution >= 4 is 11.7 Å². The Morgan fingerprint density at radius 3 is 2.24 bits per heavy atom. The summed E-state index contributed by atoms with van der Waals surface area (Å²) in [7, 11) is 0. The lowest BCUT2D eigenvalue weighted by atomic mass is 10.1. The second-order valence-electron chi connectivity index (χ2n) is 7.88. The first-order valence-electron chi connectivity index (χ1n) is 10.6. The van der Waals surface area contributed by atoms with Crippen molar-refractivity contribution in [2.45, 2.75) is 18.9 Å². The topological polar surface area (TPSA) is 59.1 Å². The van der Waals surface area contributed by atoms with Gasteiger partial charge in [0.25, 0.3) is 0 Å². The molecule has 0 bridgehead atoms. The Bertz CT molecular complexity index is 800. The zero-order valence-corrected chi connectivity index (χ0v) is 16.8. The molecule has 154 valence electrons. The molecule has 6 nitrogen and oxygen atoms in total. The van der Waals surface area contributed by atoms with Crippen LogP contribution in [-0.2, 0) is 0 Å². The minimum atomic E-state index is -0.00464. The quantitative estimate of drug-likeness (QED) is 0.818. The number of hydrogen-bond donors (Lipinski definition) is 2. The Morgan fingerprint density at radius 1 is 0.897 bits per heavy atom. The van der Waals surface area contributed by atoms with E-state index in [0.717, 1.165) is 30.9 Å². The number of rotatable bonds is 5. The minimum absolute atomic E-state index is 0.00185. The molecular formula is C23H30N4O2. The summed E-state index contributed by atoms with van der Waals surface area (Å²) in [6.45, 7) is 5.79. The Kier molecular flexibility index (Phi) is 6.20. The number of hydrogen-bond acceptors (Lipinski definition) is 4. The van der Waals surface area contributed by atoms with E-state index in [1.807, 2.05) is 41.3 Å². The summed E-state index contributed by atoms with van der Waals surface area (Å²) in [5.41, 5.74) is 1.99. The number of likely N-dealkylation sites (tertiary alicyclic amines) is 1. The number of nitrogens with zero attached hydrogens (tertiary/aromatic N) is 3. The summed E-state index contributed by atoms with van der Waals surface area (Å²) in [5.74, 6) is 0.292. The minimum Gasteiger partial charge on any atom is -0.506 e. The fourth-order valence-corrected chi connectivity index (χ4v) is 4.27. The van der Waals surface area contributed by atoms with Crippen LogP contribution in [0.1, 0.15) is 24.4 Å². The third kappa shape index (κ3) is 4.82. The van der Waals surface area contributed by atoms with Crippen molar-refractivity contribution in [3.63, 3.8) is 0 Å². The first-order chi connectivity index (χ1) is 14.2. The van der Waals surface area contributed by atoms with Gasteiger partial charge in [-0.1, -0.05) is 42.5 Å². The Morgan fingerprint density at radius 2 is 1.55 bits per heavy atom. The molecule has 2 N–H and O–H groups in total. The van der Waals surface area contributed by atoms with Crippen LogP contribution in [0.4, 0.5) is 10.5 Å². The number of phenols is 1. The van der Waals surface area contributed by atoms with Crippen LogP contribution in [0.25, 0.3) is 0 Å². The summed E-state index contributed by atoms with van der Waals surface area (Å²) >= 11 is 0. The van der Waals surface area contributed by atoms with Crippen molar-refractivity contribution in [2.75, 3.05) is 50.7 Å². The van der Waals surface area contributed by atoms with Crippen LogP contribution in [0.15, 0.2) is 54.6 Å². The van der Waals surface area contributed by atoms with Crippen LogP contribution >= 0.6 is 0 Å². The summed E-state index contributed by atoms with van der Waals surface area (Å²) < 4.78 is 0. The lowest BCUT2D eigenvalue weighted by Crippen LogP contribution is -2.53. The molecule has 0 spiro atoms. The first kappa shape index (κ1) is 19.6. The molecule has 2 aliphatic rings. The molecule has 2 heterocycles. The normalized spacial score (nSPS) is 18.6. The highest BCUT2D eigenvalue weighted by atomic mass is 16.3. The molecule has 0 aliphatic carbocycles. The van der Waals surface area contributed by atoms with E-state index in [2.05, 4.69) is 27.2 Å². The molecule has 1 atom stereocenters. The molecule has 1 unspecified atom stereocenters. The number of para-hydroxylation sites is 2. The average Bonchev–Trinajstić information content (AvgIpc) is 3.27. The van der Waals surface area contributed by atoms with Gasteiger partial charge in [-0.15, -0.1) is 0 Å². The van der Waals surface area contributed by atoms with Crippen LogP contribution < -0.4 is 10.2 Å². The van der Waals surface area contributed by atoms with Gasteiger partial charge in [-0.25, -0.2) is 4.79 Å². The van der Waals surface area contributed by atoms with E-state index in [-0.39, 0.29) is 12.1 Å². The average molecular weight is 395 g/mol. The van der Waals surface area contributed by atoms with E-state index in [1.54, 1.807) is 6.07 Å². The second kappa shape index (κ2) is 9.18. The zero-order chi connectivity index (χ0) is 20.1. The molecular weight excluding hydrogens is 364 g/mol. The van der Waals surface area contributed by atoms with Gasteiger partial charge in [-0.2, -0.15) is 0 Å². The third-order valence-corrected chi connectivity index (χ3v) is 5.93. The van der Waals surface area contributed by atoms with Crippen molar-refractivity contribution in [1.29, 1.82) is 0 Å². The molecule has 0 saturated carbocycles. The maximum Gasteiger partial charge on any atom is 0.318 e. The number of phenolic OH excluding ortho intramolecular Hbond substituents is 1. The van der Waals surface area contributed by atoms with Crippen molar-refractivity contribution in [3.8, 4) is 5.75 Å². The van der Waals surface area contributed by atoms with E-state index in [0.29, 0.717) is 31.9 Å². The summed E-state index contributed by atoms with van der Waals surface area (Å²) in [5, 5.41) is 13.4. The number of aromatic hydroxyl groups is 1. The lowest BCUT2D eigenvalue weighted by Gasteiger charge is -2.37. The monoisotopic (exact) mass is 394 g/mol. The molecule has 29 heavy (non-hydrogen) atoms. The number of amides is 2. The zero-order valence-electron chi connectivity index (χ0n) is 16.8. The van der Waals surface area contributed by atoms with Crippen molar-refractivity contribution in [2.24, 2.45) is 0 Å². The highest BCUT2D eigenvalue weighted by Crippen LogP contribution is 2.27. The second-order valence-corrected chi connectivity index (χ2v) is 7.88. The van der Waals surface area contributed by atoms with Gasteiger partial charge in [-0.05, 0) is 43.6 Å². The highest BCUT2D eigenvalue weighted by molar-refractivity contribution is 5.75. The number of piperazine rings is 1. The predicted octanol–water partition coefficient (Wildman–Crippen LogP) is 3.06. The fraction of sp³-hybridized carbons (Fsp3) is 0.435. The third-order valence-electron chi connectivity index (χ3n) is 5.93. The number of anilines is 1. The SMILES string of the molecule is O=C(NC(CN1CCCC1)c1ccccc1)N1CCN(c2ccccc2O)CC1. The number of urea groups is 1. The Balaban J connectivity index is 1.37. The molecule has 0 aromatic heterocycles. The molecule has 2 amide bonds. The molecule has 0 radical (unpaired) electrons. The molecule has 2 aromatic carbocycles. The van der Waals surface area contributed by atoms with Crippen LogP contribution in [0.5, 0.6) is 5.75 Å². The summed E-state index contributed by atoms with van der Waals surface area (Å²) in [4.78, 5) is 19.5. The van der Waals surface area contributed by atoms with E-state index < -0.39 is 0 Å². The number of carbonyl (C=O) groups excluding carboxylic acids is 1. The van der Waals surface area contributed by atoms with Gasteiger partial charge in [0.2, 0.25) is 0 Å². The molecule has 6 heteroatoms. The summed E-state index contributed by atoms with van der Waals surface area (Å²) in [6.07, 6.45) is 2.48. The van der Waals surface area contributed by atoms with E-state index in [4.69, 9.17) is 0 Å². The van der Waals surface area contributed by atoms with Gasteiger partial charge in [0, 0.05) is 32.7 Å². The standard InChI is InChI=1S/C23H30N4O2/c28-22-11-5-4-10-21(22)26-14-16-27(17-15-26)23(29)24-20(18-25-12-6-7-13-25)19-8-2-1-3-9-19/h1-5,8-11,20,28H,6-7,12-18H2,(H,24,29). The van der Waals surface area contributed by atoms with E-state index in [1.165, 1.54) is 12.8 Å². The smallest absolute Gasteiger partial charge is 0.318 e. The largest absolute Gasteiger partial charge is 0.506 e. The first-order valence-corrected chi connectivity index (χ1v) is 10.6. The number of benzene rings is 2. The van der Waals surface area contributed by atoms with Crippen molar-refractivity contribution in [3.05, 3.63) is 60.2 Å². The van der Waals surface area contributed by atoms with Crippen LogP contribution in [0.3, 0.4) is 0 Å². The maximum absolute atomic E-state index is 13.0. The maximum atomic E-state index is 13.0. The van der Waals surface area contributed by atoms with E-state index >= 15 is 0 Å². The molecule has 2 fully saturated rings. The molecule has 2 aromatic rings. The van der Waals surface area contributed by atoms with Gasteiger partial charge in [0.05, 0.1) is 11.7 Å². The Hall–Kier alpha value is -2.73. The van der Waals surface area contributed by atoms with E-state index in [9.17, 15) is 9.90 Å². The van der Waals surface area contributed by atoms with Crippen molar-refractivity contribution < 1.29 is 9.90 Å². The molecule has 2 aliphatic heterocycles. The predicted molar refractivity (Wildman–Crippen MR) is 115 cm³/mol. The Labute approximate surface area is 172 Å².